The molecule has 8 nitrogen and oxygen atoms in total. The second-order valence-electron chi connectivity index (χ2n) is 6.06. The fourth-order valence-corrected chi connectivity index (χ4v) is 2.92. The first-order valence-electron chi connectivity index (χ1n) is 8.42. The summed E-state index contributed by atoms with van der Waals surface area (Å²) < 4.78 is 8.33. The van der Waals surface area contributed by atoms with Crippen LogP contribution in [0.2, 0.25) is 0 Å². The number of primary amides is 1. The molecule has 0 atom stereocenters. The summed E-state index contributed by atoms with van der Waals surface area (Å²) in [5.74, 6) is -0.746. The van der Waals surface area contributed by atoms with Crippen molar-refractivity contribution in [2.45, 2.75) is 26.8 Å². The van der Waals surface area contributed by atoms with E-state index in [9.17, 15) is 9.59 Å². The van der Waals surface area contributed by atoms with Gasteiger partial charge in [0, 0.05) is 26.0 Å². The maximum absolute atomic E-state index is 12.9. The Labute approximate surface area is 149 Å². The molecule has 26 heavy (non-hydrogen) atoms. The first-order valence-corrected chi connectivity index (χ1v) is 8.42. The Morgan fingerprint density at radius 1 is 1.38 bits per heavy atom. The largest absolute Gasteiger partial charge is 0.382 e. The van der Waals surface area contributed by atoms with E-state index in [4.69, 9.17) is 15.9 Å². The Morgan fingerprint density at radius 2 is 2.15 bits per heavy atom. The first kappa shape index (κ1) is 17.8. The molecule has 3 aromatic heterocycles. The number of carbonyl (C=O) groups is 1. The monoisotopic (exact) mass is 355 g/mol. The summed E-state index contributed by atoms with van der Waals surface area (Å²) in [7, 11) is 0. The smallest absolute Gasteiger partial charge is 0.267 e. The predicted molar refractivity (Wildman–Crippen MR) is 97.2 cm³/mol. The minimum Gasteiger partial charge on any atom is -0.382 e. The quantitative estimate of drug-likeness (QED) is 0.506. The molecule has 0 aromatic carbocycles. The van der Waals surface area contributed by atoms with Crippen LogP contribution in [0, 0.1) is 12.3 Å². The van der Waals surface area contributed by atoms with Gasteiger partial charge in [-0.1, -0.05) is 6.07 Å². The molecule has 3 heterocycles. The molecule has 136 valence electrons. The van der Waals surface area contributed by atoms with Crippen LogP contribution in [-0.4, -0.2) is 33.1 Å². The van der Waals surface area contributed by atoms with Gasteiger partial charge in [-0.3, -0.25) is 19.4 Å². The summed E-state index contributed by atoms with van der Waals surface area (Å²) in [6, 6.07) is 4.99. The van der Waals surface area contributed by atoms with E-state index in [1.807, 2.05) is 19.9 Å². The van der Waals surface area contributed by atoms with Crippen molar-refractivity contribution in [3.8, 4) is 0 Å². The number of pyridine rings is 2. The number of carbonyl (C=O) groups excluding carboxylic acids is 1. The maximum atomic E-state index is 12.9. The minimum atomic E-state index is -0.746. The average molecular weight is 355 g/mol. The number of hydrogen-bond acceptors (Lipinski definition) is 5. The number of aryl methyl sites for hydroxylation is 2. The number of ether oxygens (including phenoxy) is 1. The van der Waals surface area contributed by atoms with Crippen molar-refractivity contribution < 1.29 is 9.53 Å². The van der Waals surface area contributed by atoms with E-state index in [1.165, 1.54) is 10.5 Å². The second-order valence-corrected chi connectivity index (χ2v) is 6.06. The third-order valence-corrected chi connectivity index (χ3v) is 4.19. The zero-order valence-electron chi connectivity index (χ0n) is 14.8. The molecule has 0 aliphatic heterocycles. The van der Waals surface area contributed by atoms with Crippen LogP contribution in [0.1, 0.15) is 29.3 Å². The van der Waals surface area contributed by atoms with Crippen LogP contribution in [0.3, 0.4) is 0 Å². The Morgan fingerprint density at radius 3 is 2.85 bits per heavy atom. The van der Waals surface area contributed by atoms with Gasteiger partial charge in [-0.05, 0) is 38.0 Å². The summed E-state index contributed by atoms with van der Waals surface area (Å²) >= 11 is 0. The lowest BCUT2D eigenvalue weighted by molar-refractivity contribution is 0.0998. The third kappa shape index (κ3) is 3.11. The average Bonchev–Trinajstić information content (AvgIpc) is 2.60. The van der Waals surface area contributed by atoms with Crippen molar-refractivity contribution in [3.63, 3.8) is 0 Å². The van der Waals surface area contributed by atoms with E-state index in [0.29, 0.717) is 37.5 Å². The molecule has 0 saturated heterocycles. The van der Waals surface area contributed by atoms with E-state index in [0.717, 1.165) is 5.56 Å². The van der Waals surface area contributed by atoms with Gasteiger partial charge in [-0.2, -0.15) is 0 Å². The van der Waals surface area contributed by atoms with E-state index in [2.05, 4.69) is 4.98 Å². The highest BCUT2D eigenvalue weighted by Crippen LogP contribution is 2.11. The van der Waals surface area contributed by atoms with E-state index in [-0.39, 0.29) is 22.0 Å². The number of nitrogens with one attached hydrogen (secondary N) is 1. The van der Waals surface area contributed by atoms with Crippen LogP contribution in [0.15, 0.2) is 29.2 Å². The summed E-state index contributed by atoms with van der Waals surface area (Å²) in [6.45, 7) is 5.29. The molecule has 3 N–H and O–H groups in total. The van der Waals surface area contributed by atoms with Crippen LogP contribution in [-0.2, 0) is 11.3 Å². The van der Waals surface area contributed by atoms with Crippen molar-refractivity contribution in [3.05, 3.63) is 51.4 Å². The fourth-order valence-electron chi connectivity index (χ4n) is 2.92. The Kier molecular flexibility index (Phi) is 4.85. The Bertz CT molecular complexity index is 1110. The normalized spacial score (nSPS) is 11.3. The van der Waals surface area contributed by atoms with Gasteiger partial charge < -0.3 is 15.0 Å². The minimum absolute atomic E-state index is 0.000382. The molecule has 0 aliphatic rings. The highest BCUT2D eigenvalue weighted by atomic mass is 16.5. The van der Waals surface area contributed by atoms with Crippen molar-refractivity contribution in [2.75, 3.05) is 13.2 Å². The molecule has 0 aliphatic carbocycles. The molecule has 0 unspecified atom stereocenters. The summed E-state index contributed by atoms with van der Waals surface area (Å²) in [6.07, 6.45) is 2.32. The van der Waals surface area contributed by atoms with Gasteiger partial charge in [0.1, 0.15) is 16.8 Å². The number of aromatic nitrogens is 3. The van der Waals surface area contributed by atoms with Gasteiger partial charge in [0.15, 0.2) is 0 Å². The molecule has 0 bridgehead atoms. The van der Waals surface area contributed by atoms with Crippen LogP contribution in [0.5, 0.6) is 0 Å². The van der Waals surface area contributed by atoms with Gasteiger partial charge in [-0.25, -0.2) is 4.98 Å². The number of hydrogen-bond donors (Lipinski definition) is 2. The zero-order chi connectivity index (χ0) is 18.8. The number of nitrogens with two attached hydrogens (primary N) is 1. The zero-order valence-corrected chi connectivity index (χ0v) is 14.8. The van der Waals surface area contributed by atoms with Gasteiger partial charge in [-0.15, -0.1) is 0 Å². The van der Waals surface area contributed by atoms with Gasteiger partial charge in [0.25, 0.3) is 11.5 Å². The number of rotatable bonds is 6. The summed E-state index contributed by atoms with van der Waals surface area (Å²) in [5.41, 5.74) is 6.83. The fraction of sp³-hybridized carbons (Fsp3) is 0.333. The lowest BCUT2D eigenvalue weighted by Gasteiger charge is -2.14. The number of fused-ring (bicyclic) bond motifs is 2. The maximum Gasteiger partial charge on any atom is 0.267 e. The standard InChI is InChI=1S/C18H21N5O3/c1-3-26-8-4-7-22-15(19)12(16(20)24)9-13-17(22)21-14-6-5-11(2)10-23(14)18(13)25/h5-6,9-10,19H,3-4,7-8H2,1-2H3,(H2,20,24). The third-order valence-electron chi connectivity index (χ3n) is 4.19. The summed E-state index contributed by atoms with van der Waals surface area (Å²) in [5, 5.41) is 8.58. The van der Waals surface area contributed by atoms with E-state index in [1.54, 1.807) is 16.8 Å². The van der Waals surface area contributed by atoms with E-state index >= 15 is 0 Å². The van der Waals surface area contributed by atoms with Crippen molar-refractivity contribution in [2.24, 2.45) is 5.73 Å². The molecule has 0 spiro atoms. The lowest BCUT2D eigenvalue weighted by atomic mass is 10.2. The SMILES string of the molecule is CCOCCCn1c(=N)c(C(N)=O)cc2c(=O)n3cc(C)ccc3nc21. The molecular weight excluding hydrogens is 334 g/mol. The highest BCUT2D eigenvalue weighted by molar-refractivity contribution is 5.95. The van der Waals surface area contributed by atoms with Crippen molar-refractivity contribution >= 4 is 22.6 Å². The predicted octanol–water partition coefficient (Wildman–Crippen LogP) is 0.963. The molecule has 3 rings (SSSR count). The van der Waals surface area contributed by atoms with Crippen LogP contribution < -0.4 is 16.8 Å². The molecule has 0 radical (unpaired) electrons. The van der Waals surface area contributed by atoms with Crippen LogP contribution in [0.4, 0.5) is 0 Å². The first-order chi connectivity index (χ1) is 12.4. The molecule has 1 amide bonds. The highest BCUT2D eigenvalue weighted by Gasteiger charge is 2.15. The number of amides is 1. The molecule has 0 saturated carbocycles. The molecular formula is C18H21N5O3. The molecule has 0 fully saturated rings. The van der Waals surface area contributed by atoms with Gasteiger partial charge in [0.05, 0.1) is 10.9 Å². The Balaban J connectivity index is 2.31. The van der Waals surface area contributed by atoms with Gasteiger partial charge >= 0.3 is 0 Å². The van der Waals surface area contributed by atoms with Crippen molar-refractivity contribution in [1.82, 2.24) is 14.0 Å². The Hall–Kier alpha value is -3.00. The summed E-state index contributed by atoms with van der Waals surface area (Å²) in [4.78, 5) is 29.2. The molecule has 8 heteroatoms. The lowest BCUT2D eigenvalue weighted by Crippen LogP contribution is -2.32. The van der Waals surface area contributed by atoms with Crippen LogP contribution >= 0.6 is 0 Å². The van der Waals surface area contributed by atoms with Gasteiger partial charge in [0.2, 0.25) is 0 Å². The van der Waals surface area contributed by atoms with Crippen molar-refractivity contribution in [1.29, 1.82) is 5.41 Å². The topological polar surface area (TPSA) is 115 Å². The molecule has 3 aromatic rings. The van der Waals surface area contributed by atoms with E-state index < -0.39 is 5.91 Å². The second kappa shape index (κ2) is 7.09. The van der Waals surface area contributed by atoms with Crippen LogP contribution in [0.25, 0.3) is 16.7 Å². The number of nitrogens with zero attached hydrogens (tertiary/aromatic N) is 3.